The number of nitrogens with one attached hydrogen (secondary N) is 1. The number of hydrogen-bond acceptors (Lipinski definition) is 4. The number of nitrogens with zero attached hydrogens (tertiary/aromatic N) is 2. The lowest BCUT2D eigenvalue weighted by atomic mass is 10.0. The van der Waals surface area contributed by atoms with Crippen LogP contribution in [0.2, 0.25) is 0 Å². The fourth-order valence-electron chi connectivity index (χ4n) is 2.72. The molecule has 0 unspecified atom stereocenters. The van der Waals surface area contributed by atoms with Crippen LogP contribution in [-0.2, 0) is 11.2 Å². The van der Waals surface area contributed by atoms with Gasteiger partial charge in [-0.05, 0) is 29.7 Å². The Hall–Kier alpha value is -2.66. The number of amidine groups is 1. The average molecular weight is 336 g/mol. The van der Waals surface area contributed by atoms with E-state index >= 15 is 0 Å². The molecule has 2 aromatic carbocycles. The number of aliphatic imine (C=N–C) groups is 1. The van der Waals surface area contributed by atoms with Crippen LogP contribution in [0.3, 0.4) is 0 Å². The number of nitrogens with two attached hydrogens (primary N) is 1. The Morgan fingerprint density at radius 1 is 1.12 bits per heavy atom. The molecule has 5 nitrogen and oxygen atoms in total. The second kappa shape index (κ2) is 7.49. The van der Waals surface area contributed by atoms with Crippen molar-refractivity contribution >= 4 is 17.4 Å². The maximum Gasteiger partial charge on any atom is 0.226 e. The van der Waals surface area contributed by atoms with E-state index in [4.69, 9.17) is 5.84 Å². The summed E-state index contributed by atoms with van der Waals surface area (Å²) >= 11 is 0. The fourth-order valence-corrected chi connectivity index (χ4v) is 2.72. The summed E-state index contributed by atoms with van der Waals surface area (Å²) < 4.78 is 0. The van der Waals surface area contributed by atoms with Crippen LogP contribution in [0.15, 0.2) is 53.5 Å². The van der Waals surface area contributed by atoms with E-state index in [0.29, 0.717) is 0 Å². The smallest absolute Gasteiger partial charge is 0.226 e. The van der Waals surface area contributed by atoms with Crippen LogP contribution in [0.25, 0.3) is 0 Å². The quantitative estimate of drug-likeness (QED) is 0.825. The van der Waals surface area contributed by atoms with Crippen molar-refractivity contribution in [3.63, 3.8) is 0 Å². The number of hydrazine groups is 1. The maximum absolute atomic E-state index is 11.7. The molecule has 0 aliphatic carbocycles. The number of carbonyl (C=O) groups is 1. The zero-order chi connectivity index (χ0) is 17.8. The first kappa shape index (κ1) is 17.2. The number of hydrogen-bond donors (Lipinski definition) is 2. The predicted octanol–water partition coefficient (Wildman–Crippen LogP) is 2.81. The van der Waals surface area contributed by atoms with Gasteiger partial charge in [0.05, 0.1) is 13.1 Å². The van der Waals surface area contributed by atoms with Gasteiger partial charge in [-0.3, -0.25) is 14.8 Å². The fraction of sp³-hybridized carbons (Fsp3) is 0.300. The van der Waals surface area contributed by atoms with Crippen molar-refractivity contribution in [2.24, 2.45) is 16.8 Å². The number of anilines is 1. The van der Waals surface area contributed by atoms with Gasteiger partial charge < -0.3 is 5.32 Å². The summed E-state index contributed by atoms with van der Waals surface area (Å²) in [4.78, 5) is 16.1. The Labute approximate surface area is 148 Å². The van der Waals surface area contributed by atoms with Crippen molar-refractivity contribution in [1.82, 2.24) is 5.01 Å². The second-order valence-electron chi connectivity index (χ2n) is 6.61. The summed E-state index contributed by atoms with van der Waals surface area (Å²) in [6.45, 7) is 5.30. The van der Waals surface area contributed by atoms with Crippen molar-refractivity contribution < 1.29 is 4.79 Å². The molecule has 0 saturated carbocycles. The lowest BCUT2D eigenvalue weighted by molar-refractivity contribution is -0.118. The van der Waals surface area contributed by atoms with E-state index in [1.807, 2.05) is 38.1 Å². The summed E-state index contributed by atoms with van der Waals surface area (Å²) in [5, 5.41) is 4.60. The highest BCUT2D eigenvalue weighted by atomic mass is 16.1. The standard InChI is InChI=1S/C20H24N4O/c1-14(2)20(25)23-18-9-5-16(6-10-18)13-15-3-7-17(8-4-15)19-22-11-12-24(19)21/h3-10,14H,11-13,21H2,1-2H3,(H,23,25). The maximum atomic E-state index is 11.7. The van der Waals surface area contributed by atoms with Crippen molar-refractivity contribution in [3.05, 3.63) is 65.2 Å². The van der Waals surface area contributed by atoms with Crippen LogP contribution in [-0.4, -0.2) is 29.8 Å². The van der Waals surface area contributed by atoms with Crippen LogP contribution < -0.4 is 11.2 Å². The molecule has 0 fully saturated rings. The highest BCUT2D eigenvalue weighted by molar-refractivity contribution is 5.99. The van der Waals surface area contributed by atoms with E-state index in [2.05, 4.69) is 34.6 Å². The zero-order valence-electron chi connectivity index (χ0n) is 14.7. The second-order valence-corrected chi connectivity index (χ2v) is 6.61. The Balaban J connectivity index is 1.63. The van der Waals surface area contributed by atoms with E-state index in [-0.39, 0.29) is 11.8 Å². The van der Waals surface area contributed by atoms with Gasteiger partial charge in [0.2, 0.25) is 5.91 Å². The normalized spacial score (nSPS) is 13.9. The van der Waals surface area contributed by atoms with Crippen LogP contribution >= 0.6 is 0 Å². The van der Waals surface area contributed by atoms with Gasteiger partial charge in [-0.2, -0.15) is 0 Å². The van der Waals surface area contributed by atoms with Crippen LogP contribution in [0.1, 0.15) is 30.5 Å². The molecule has 0 spiro atoms. The summed E-state index contributed by atoms with van der Waals surface area (Å²) in [7, 11) is 0. The summed E-state index contributed by atoms with van der Waals surface area (Å²) in [6.07, 6.45) is 0.845. The van der Waals surface area contributed by atoms with E-state index in [1.54, 1.807) is 5.01 Å². The summed E-state index contributed by atoms with van der Waals surface area (Å²) in [6, 6.07) is 16.3. The zero-order valence-corrected chi connectivity index (χ0v) is 14.7. The highest BCUT2D eigenvalue weighted by Gasteiger charge is 2.14. The van der Waals surface area contributed by atoms with Gasteiger partial charge in [0.1, 0.15) is 5.84 Å². The predicted molar refractivity (Wildman–Crippen MR) is 101 cm³/mol. The third-order valence-electron chi connectivity index (χ3n) is 4.24. The third kappa shape index (κ3) is 4.25. The third-order valence-corrected chi connectivity index (χ3v) is 4.24. The molecule has 0 bridgehead atoms. The van der Waals surface area contributed by atoms with Gasteiger partial charge in [0.15, 0.2) is 0 Å². The molecule has 5 heteroatoms. The number of amides is 1. The van der Waals surface area contributed by atoms with Crippen molar-refractivity contribution in [2.45, 2.75) is 20.3 Å². The Bertz CT molecular complexity index is 763. The molecular formula is C20H24N4O. The molecule has 0 radical (unpaired) electrons. The molecule has 3 N–H and O–H groups in total. The van der Waals surface area contributed by atoms with Gasteiger partial charge in [-0.25, -0.2) is 5.84 Å². The van der Waals surface area contributed by atoms with E-state index in [9.17, 15) is 4.79 Å². The first-order valence-electron chi connectivity index (χ1n) is 8.59. The highest BCUT2D eigenvalue weighted by Crippen LogP contribution is 2.16. The number of rotatable bonds is 5. The van der Waals surface area contributed by atoms with Gasteiger partial charge >= 0.3 is 0 Å². The molecule has 2 aromatic rings. The van der Waals surface area contributed by atoms with Gasteiger partial charge in [-0.1, -0.05) is 50.2 Å². The Morgan fingerprint density at radius 2 is 1.72 bits per heavy atom. The number of benzene rings is 2. The Morgan fingerprint density at radius 3 is 2.24 bits per heavy atom. The van der Waals surface area contributed by atoms with Gasteiger partial charge in [-0.15, -0.1) is 0 Å². The Kier molecular flexibility index (Phi) is 5.14. The average Bonchev–Trinajstić information content (AvgIpc) is 3.03. The SMILES string of the molecule is CC(C)C(=O)Nc1ccc(Cc2ccc(C3=NCCN3N)cc2)cc1. The lowest BCUT2D eigenvalue weighted by Gasteiger charge is -2.13. The monoisotopic (exact) mass is 336 g/mol. The molecule has 25 heavy (non-hydrogen) atoms. The molecule has 1 amide bonds. The van der Waals surface area contributed by atoms with Crippen LogP contribution in [0.4, 0.5) is 5.69 Å². The minimum Gasteiger partial charge on any atom is -0.326 e. The minimum absolute atomic E-state index is 0.0212. The molecule has 1 aliphatic heterocycles. The van der Waals surface area contributed by atoms with Gasteiger partial charge in [0, 0.05) is 17.2 Å². The first-order chi connectivity index (χ1) is 12.0. The van der Waals surface area contributed by atoms with Crippen LogP contribution in [0, 0.1) is 5.92 Å². The van der Waals surface area contributed by atoms with Crippen LogP contribution in [0.5, 0.6) is 0 Å². The van der Waals surface area contributed by atoms with E-state index < -0.39 is 0 Å². The minimum atomic E-state index is -0.0212. The topological polar surface area (TPSA) is 70.7 Å². The van der Waals surface area contributed by atoms with E-state index in [1.165, 1.54) is 11.1 Å². The van der Waals surface area contributed by atoms with E-state index in [0.717, 1.165) is 36.6 Å². The summed E-state index contributed by atoms with van der Waals surface area (Å²) in [5.41, 5.74) is 4.31. The molecule has 0 saturated heterocycles. The molecule has 0 atom stereocenters. The molecular weight excluding hydrogens is 312 g/mol. The lowest BCUT2D eigenvalue weighted by Crippen LogP contribution is -2.34. The van der Waals surface area contributed by atoms with Crippen molar-refractivity contribution in [2.75, 3.05) is 18.4 Å². The summed E-state index contributed by atoms with van der Waals surface area (Å²) in [5.74, 6) is 6.78. The van der Waals surface area contributed by atoms with Gasteiger partial charge in [0.25, 0.3) is 0 Å². The number of carbonyl (C=O) groups excluding carboxylic acids is 1. The molecule has 0 aromatic heterocycles. The molecule has 3 rings (SSSR count). The molecule has 1 aliphatic rings. The molecule has 130 valence electrons. The largest absolute Gasteiger partial charge is 0.326 e. The first-order valence-corrected chi connectivity index (χ1v) is 8.59. The van der Waals surface area contributed by atoms with Crippen molar-refractivity contribution in [1.29, 1.82) is 0 Å². The van der Waals surface area contributed by atoms with Crippen molar-refractivity contribution in [3.8, 4) is 0 Å². The molecule has 1 heterocycles.